The minimum atomic E-state index is -2.03. The number of methoxy groups -OCH3 is 5. The quantitative estimate of drug-likeness (QED) is 0.372. The molecule has 2 heterocycles. The molecule has 1 saturated heterocycles. The van der Waals surface area contributed by atoms with Gasteiger partial charge in [-0.1, -0.05) is 6.07 Å². The predicted octanol–water partition coefficient (Wildman–Crippen LogP) is 3.49. The van der Waals surface area contributed by atoms with Gasteiger partial charge in [0.05, 0.1) is 48.1 Å². The first-order valence-corrected chi connectivity index (χ1v) is 13.7. The molecular weight excluding hydrogens is 560 g/mol. The summed E-state index contributed by atoms with van der Waals surface area (Å²) in [4.78, 5) is 13.6. The fourth-order valence-corrected chi connectivity index (χ4v) is 6.87. The topological polar surface area (TPSA) is 131 Å². The second-order valence-corrected chi connectivity index (χ2v) is 10.9. The fraction of sp³-hybridized carbons (Fsp3) is 0.406. The summed E-state index contributed by atoms with van der Waals surface area (Å²) in [6, 6.07) is 11.9. The van der Waals surface area contributed by atoms with Crippen LogP contribution in [0.15, 0.2) is 42.5 Å². The summed E-state index contributed by atoms with van der Waals surface area (Å²) in [5, 5.41) is 25.4. The Morgan fingerprint density at radius 1 is 0.814 bits per heavy atom. The van der Waals surface area contributed by atoms with Crippen molar-refractivity contribution >= 4 is 5.97 Å². The van der Waals surface area contributed by atoms with Gasteiger partial charge < -0.3 is 48.1 Å². The molecule has 1 unspecified atom stereocenters. The Hall–Kier alpha value is -4.35. The molecule has 43 heavy (non-hydrogen) atoms. The summed E-state index contributed by atoms with van der Waals surface area (Å²) in [6.07, 6.45) is 0. The Bertz CT molecular complexity index is 1560. The molecule has 0 spiro atoms. The highest BCUT2D eigenvalue weighted by Crippen LogP contribution is 2.62. The zero-order valence-electron chi connectivity index (χ0n) is 24.8. The van der Waals surface area contributed by atoms with Crippen LogP contribution < -0.4 is 33.2 Å². The highest BCUT2D eigenvalue weighted by molar-refractivity contribution is 5.79. The molecule has 11 nitrogen and oxygen atoms in total. The number of carbonyl (C=O) groups is 1. The van der Waals surface area contributed by atoms with E-state index in [2.05, 4.69) is 0 Å². The number of esters is 1. The lowest BCUT2D eigenvalue weighted by atomic mass is 9.55. The molecule has 0 aromatic heterocycles. The molecule has 228 valence electrons. The number of benzene rings is 3. The van der Waals surface area contributed by atoms with Crippen molar-refractivity contribution in [2.75, 3.05) is 48.9 Å². The monoisotopic (exact) mass is 594 g/mol. The van der Waals surface area contributed by atoms with Gasteiger partial charge in [-0.3, -0.25) is 4.79 Å². The van der Waals surface area contributed by atoms with Crippen LogP contribution in [0.25, 0.3) is 0 Å². The number of fused-ring (bicyclic) bond motifs is 3. The molecule has 2 aliphatic heterocycles. The molecule has 0 amide bonds. The number of hydrogen-bond donors (Lipinski definition) is 2. The van der Waals surface area contributed by atoms with Crippen LogP contribution in [0.2, 0.25) is 0 Å². The van der Waals surface area contributed by atoms with Gasteiger partial charge in [0.25, 0.3) is 0 Å². The van der Waals surface area contributed by atoms with Crippen LogP contribution >= 0.6 is 0 Å². The molecule has 0 bridgehead atoms. The lowest BCUT2D eigenvalue weighted by molar-refractivity contribution is -0.199. The third-order valence-corrected chi connectivity index (χ3v) is 9.03. The number of cyclic esters (lactones) is 1. The standard InChI is InChI=1S/C32H34O11/c1-31(34,17-7-8-21(36-2)22(11-17)37-3)32(35)19-13-24-23(42-15-43-24)12-18(19)27(28-20(32)14-41-30(28)33)16-9-25(38-4)29(40-6)26(10-16)39-5/h7-13,20,27-28,34-35H,14-15H2,1-6H3/t20-,27+,28-,31?,32+/m0/s1. The second-order valence-electron chi connectivity index (χ2n) is 10.9. The Morgan fingerprint density at radius 3 is 2.05 bits per heavy atom. The Balaban J connectivity index is 1.63. The molecule has 0 saturated carbocycles. The average molecular weight is 595 g/mol. The van der Waals surface area contributed by atoms with Gasteiger partial charge in [-0.25, -0.2) is 0 Å². The summed E-state index contributed by atoms with van der Waals surface area (Å²) in [6.45, 7) is 1.38. The number of hydrogen-bond acceptors (Lipinski definition) is 11. The SMILES string of the molecule is COc1ccc(C(C)(O)[C@@]2(O)c3cc4c(cc3[C@@H](c3cc(OC)c(OC)c(OC)c3)[C@H]3C(=O)OC[C@@H]32)OCO4)cc1OC. The molecule has 0 radical (unpaired) electrons. The van der Waals surface area contributed by atoms with E-state index in [1.807, 2.05) is 0 Å². The molecule has 11 heteroatoms. The highest BCUT2D eigenvalue weighted by Gasteiger charge is 2.65. The number of carbonyl (C=O) groups excluding carboxylic acids is 1. The van der Waals surface area contributed by atoms with E-state index in [0.717, 1.165) is 0 Å². The molecule has 5 atom stereocenters. The molecule has 2 N–H and O–H groups in total. The van der Waals surface area contributed by atoms with Crippen molar-refractivity contribution in [2.45, 2.75) is 24.0 Å². The van der Waals surface area contributed by atoms with Gasteiger partial charge >= 0.3 is 5.97 Å². The first kappa shape index (κ1) is 28.8. The second kappa shape index (κ2) is 10.4. The summed E-state index contributed by atoms with van der Waals surface area (Å²) in [7, 11) is 7.54. The molecule has 3 aromatic carbocycles. The molecular formula is C32H34O11. The van der Waals surface area contributed by atoms with E-state index in [9.17, 15) is 15.0 Å². The minimum absolute atomic E-state index is 0.00747. The maximum atomic E-state index is 13.6. The Kier molecular flexibility index (Phi) is 6.97. The fourth-order valence-electron chi connectivity index (χ4n) is 6.87. The Labute approximate surface area is 248 Å². The maximum Gasteiger partial charge on any atom is 0.310 e. The van der Waals surface area contributed by atoms with Crippen LogP contribution in [0.4, 0.5) is 0 Å². The lowest BCUT2D eigenvalue weighted by Crippen LogP contribution is -2.58. The van der Waals surface area contributed by atoms with Crippen molar-refractivity contribution in [3.05, 3.63) is 64.7 Å². The Morgan fingerprint density at radius 2 is 1.44 bits per heavy atom. The van der Waals surface area contributed by atoms with Gasteiger partial charge in [-0.05, 0) is 65.6 Å². The largest absolute Gasteiger partial charge is 0.493 e. The maximum absolute atomic E-state index is 13.6. The lowest BCUT2D eigenvalue weighted by Gasteiger charge is -2.51. The van der Waals surface area contributed by atoms with Gasteiger partial charge in [0, 0.05) is 11.8 Å². The van der Waals surface area contributed by atoms with Gasteiger partial charge in [-0.2, -0.15) is 0 Å². The smallest absolute Gasteiger partial charge is 0.310 e. The van der Waals surface area contributed by atoms with Crippen LogP contribution in [0.5, 0.6) is 40.2 Å². The van der Waals surface area contributed by atoms with Crippen molar-refractivity contribution < 1.29 is 52.9 Å². The van der Waals surface area contributed by atoms with Crippen LogP contribution in [0.3, 0.4) is 0 Å². The van der Waals surface area contributed by atoms with E-state index in [4.69, 9.17) is 37.9 Å². The van der Waals surface area contributed by atoms with Crippen molar-refractivity contribution in [3.8, 4) is 40.2 Å². The summed E-state index contributed by atoms with van der Waals surface area (Å²) in [5.41, 5.74) is -2.04. The van der Waals surface area contributed by atoms with E-state index in [0.29, 0.717) is 62.5 Å². The summed E-state index contributed by atoms with van der Waals surface area (Å²) >= 11 is 0. The number of aliphatic hydroxyl groups is 2. The van der Waals surface area contributed by atoms with Crippen molar-refractivity contribution in [1.82, 2.24) is 0 Å². The van der Waals surface area contributed by atoms with Gasteiger partial charge in [0.2, 0.25) is 12.5 Å². The zero-order valence-corrected chi connectivity index (χ0v) is 24.8. The number of ether oxygens (including phenoxy) is 8. The van der Waals surface area contributed by atoms with Gasteiger partial charge in [0.1, 0.15) is 11.2 Å². The molecule has 3 aromatic rings. The molecule has 6 rings (SSSR count). The van der Waals surface area contributed by atoms with Crippen LogP contribution in [-0.2, 0) is 20.7 Å². The van der Waals surface area contributed by atoms with Crippen LogP contribution in [0, 0.1) is 11.8 Å². The molecule has 3 aliphatic rings. The van der Waals surface area contributed by atoms with Crippen molar-refractivity contribution in [1.29, 1.82) is 0 Å². The predicted molar refractivity (Wildman–Crippen MR) is 151 cm³/mol. The third-order valence-electron chi connectivity index (χ3n) is 9.03. The van der Waals surface area contributed by atoms with Crippen LogP contribution in [0.1, 0.15) is 35.1 Å². The molecule has 1 aliphatic carbocycles. The normalized spacial score (nSPS) is 24.7. The zero-order chi connectivity index (χ0) is 30.7. The van der Waals surface area contributed by atoms with E-state index in [-0.39, 0.29) is 13.4 Å². The van der Waals surface area contributed by atoms with E-state index in [1.165, 1.54) is 42.5 Å². The van der Waals surface area contributed by atoms with E-state index in [1.54, 1.807) is 42.5 Å². The first-order valence-electron chi connectivity index (χ1n) is 13.7. The van der Waals surface area contributed by atoms with E-state index < -0.39 is 34.9 Å². The van der Waals surface area contributed by atoms with E-state index >= 15 is 0 Å². The van der Waals surface area contributed by atoms with Crippen molar-refractivity contribution in [2.24, 2.45) is 11.8 Å². The minimum Gasteiger partial charge on any atom is -0.493 e. The van der Waals surface area contributed by atoms with Gasteiger partial charge in [0.15, 0.2) is 34.5 Å². The third kappa shape index (κ3) is 4.05. The highest BCUT2D eigenvalue weighted by atomic mass is 16.7. The van der Waals surface area contributed by atoms with Gasteiger partial charge in [-0.15, -0.1) is 0 Å². The van der Waals surface area contributed by atoms with Crippen LogP contribution in [-0.4, -0.2) is 65.1 Å². The first-order chi connectivity index (χ1) is 20.6. The molecule has 1 fully saturated rings. The summed E-state index contributed by atoms with van der Waals surface area (Å²) < 4.78 is 44.8. The summed E-state index contributed by atoms with van der Waals surface area (Å²) in [5.74, 6) is -0.0194. The number of rotatable bonds is 8. The van der Waals surface area contributed by atoms with Crippen molar-refractivity contribution in [3.63, 3.8) is 0 Å². The average Bonchev–Trinajstić information content (AvgIpc) is 3.65.